The molecule has 78 valence electrons. The van der Waals surface area contributed by atoms with Crippen molar-refractivity contribution in [2.24, 2.45) is 0 Å². The van der Waals surface area contributed by atoms with Crippen LogP contribution in [0.25, 0.3) is 0 Å². The van der Waals surface area contributed by atoms with Crippen LogP contribution in [0.4, 0.5) is 13.2 Å². The van der Waals surface area contributed by atoms with Crippen molar-refractivity contribution < 1.29 is 18.0 Å². The quantitative estimate of drug-likeness (QED) is 0.583. The normalized spacial score (nSPS) is 10.1. The molecule has 0 saturated carbocycles. The molecule has 0 radical (unpaired) electrons. The van der Waals surface area contributed by atoms with Gasteiger partial charge in [-0.2, -0.15) is 9.65 Å². The molecule has 0 atom stereocenters. The van der Waals surface area contributed by atoms with E-state index < -0.39 is 34.4 Å². The lowest BCUT2D eigenvalue weighted by molar-refractivity contribution is 0.105. The van der Waals surface area contributed by atoms with Gasteiger partial charge in [0.05, 0.1) is 17.2 Å². The third-order valence-electron chi connectivity index (χ3n) is 1.55. The molecule has 7 heteroatoms. The van der Waals surface area contributed by atoms with Crippen LogP contribution in [-0.2, 0) is 0 Å². The topological polar surface area (TPSA) is 53.8 Å². The van der Waals surface area contributed by atoms with Gasteiger partial charge < -0.3 is 0 Å². The van der Waals surface area contributed by atoms with Gasteiger partial charge in [0.1, 0.15) is 5.69 Å². The second-order valence-electron chi connectivity index (χ2n) is 2.44. The van der Waals surface area contributed by atoms with Crippen LogP contribution in [0.5, 0.6) is 0 Å². The van der Waals surface area contributed by atoms with Crippen LogP contribution in [0.2, 0.25) is 0 Å². The summed E-state index contributed by atoms with van der Waals surface area (Å²) in [6.07, 6.45) is -3.12. The van der Waals surface area contributed by atoms with Gasteiger partial charge in [0.15, 0.2) is 0 Å². The summed E-state index contributed by atoms with van der Waals surface area (Å²) in [6, 6.07) is 1.86. The van der Waals surface area contributed by atoms with Crippen LogP contribution in [0.3, 0.4) is 0 Å². The van der Waals surface area contributed by atoms with E-state index in [0.29, 0.717) is 6.07 Å². The van der Waals surface area contributed by atoms with E-state index >= 15 is 0 Å². The molecule has 1 rings (SSSR count). The fourth-order valence-corrected chi connectivity index (χ4v) is 1.13. The summed E-state index contributed by atoms with van der Waals surface area (Å²) in [5, 5.41) is 7.13. The van der Waals surface area contributed by atoms with Crippen LogP contribution in [0.15, 0.2) is 6.07 Å². The van der Waals surface area contributed by atoms with E-state index in [1.54, 1.807) is 0 Å². The Morgan fingerprint density at radius 1 is 1.60 bits per heavy atom. The number of nitrogens with zero attached hydrogens (tertiary/aromatic N) is 2. The van der Waals surface area contributed by atoms with Crippen molar-refractivity contribution in [1.29, 1.82) is 5.26 Å². The van der Waals surface area contributed by atoms with Gasteiger partial charge in [-0.25, -0.2) is 13.8 Å². The first-order chi connectivity index (χ1) is 6.97. The minimum Gasteiger partial charge on any atom is -0.274 e. The van der Waals surface area contributed by atoms with E-state index in [-0.39, 0.29) is 0 Å². The highest BCUT2D eigenvalue weighted by Gasteiger charge is 2.24. The lowest BCUT2D eigenvalue weighted by Gasteiger charge is -2.05. The van der Waals surface area contributed by atoms with E-state index in [4.69, 9.17) is 16.9 Å². The van der Waals surface area contributed by atoms with Crippen LogP contribution in [0, 0.1) is 17.3 Å². The van der Waals surface area contributed by atoms with Gasteiger partial charge in [0.2, 0.25) is 5.95 Å². The molecule has 0 bridgehead atoms. The van der Waals surface area contributed by atoms with Crippen molar-refractivity contribution in [1.82, 2.24) is 4.98 Å². The highest BCUT2D eigenvalue weighted by molar-refractivity contribution is 6.67. The zero-order chi connectivity index (χ0) is 11.6. The SMILES string of the molecule is N#Cc1cc(F)nc(C(=O)Cl)c1C(F)F. The van der Waals surface area contributed by atoms with Gasteiger partial charge in [-0.3, -0.25) is 4.79 Å². The first kappa shape index (κ1) is 11.5. The number of carbonyl (C=O) groups excluding carboxylic acids is 1. The first-order valence-electron chi connectivity index (χ1n) is 3.56. The molecule has 15 heavy (non-hydrogen) atoms. The minimum absolute atomic E-state index is 0.519. The third-order valence-corrected chi connectivity index (χ3v) is 1.73. The minimum atomic E-state index is -3.12. The van der Waals surface area contributed by atoms with Gasteiger partial charge >= 0.3 is 0 Å². The summed E-state index contributed by atoms with van der Waals surface area (Å²) in [5.74, 6) is -1.21. The van der Waals surface area contributed by atoms with E-state index in [1.807, 2.05) is 0 Å². The first-order valence-corrected chi connectivity index (χ1v) is 3.93. The summed E-state index contributed by atoms with van der Waals surface area (Å²) in [6.45, 7) is 0. The molecule has 0 saturated heterocycles. The number of halogens is 4. The van der Waals surface area contributed by atoms with Crippen molar-refractivity contribution in [2.75, 3.05) is 0 Å². The average Bonchev–Trinajstić information content (AvgIpc) is 2.15. The molecule has 0 fully saturated rings. The molecule has 1 heterocycles. The number of rotatable bonds is 2. The summed E-state index contributed by atoms with van der Waals surface area (Å²) in [4.78, 5) is 13.6. The molecule has 1 aromatic heterocycles. The highest BCUT2D eigenvalue weighted by Crippen LogP contribution is 2.26. The molecule has 0 aliphatic heterocycles. The molecule has 1 aromatic rings. The predicted octanol–water partition coefficient (Wildman–Crippen LogP) is 2.41. The summed E-state index contributed by atoms with van der Waals surface area (Å²) in [7, 11) is 0. The predicted molar refractivity (Wildman–Crippen MR) is 44.1 cm³/mol. The molecule has 0 aromatic carbocycles. The highest BCUT2D eigenvalue weighted by atomic mass is 35.5. The molecule has 0 aliphatic rings. The van der Waals surface area contributed by atoms with Crippen molar-refractivity contribution >= 4 is 16.8 Å². The lowest BCUT2D eigenvalue weighted by atomic mass is 10.1. The maximum absolute atomic E-state index is 12.7. The number of hydrogen-bond donors (Lipinski definition) is 0. The summed E-state index contributed by atoms with van der Waals surface area (Å²) in [5.41, 5.74) is -2.52. The van der Waals surface area contributed by atoms with E-state index in [2.05, 4.69) is 4.98 Å². The van der Waals surface area contributed by atoms with Gasteiger partial charge in [-0.15, -0.1) is 0 Å². The second kappa shape index (κ2) is 4.28. The Morgan fingerprint density at radius 3 is 2.60 bits per heavy atom. The zero-order valence-corrected chi connectivity index (χ0v) is 7.73. The molecule has 0 unspecified atom stereocenters. The van der Waals surface area contributed by atoms with Gasteiger partial charge in [0, 0.05) is 6.07 Å². The third kappa shape index (κ3) is 2.25. The zero-order valence-electron chi connectivity index (χ0n) is 6.97. The summed E-state index contributed by atoms with van der Waals surface area (Å²) < 4.78 is 37.6. The number of alkyl halides is 2. The van der Waals surface area contributed by atoms with Gasteiger partial charge in [-0.1, -0.05) is 0 Å². The number of pyridine rings is 1. The molecule has 0 amide bonds. The smallest absolute Gasteiger partial charge is 0.271 e. The van der Waals surface area contributed by atoms with E-state index in [1.165, 1.54) is 6.07 Å². The van der Waals surface area contributed by atoms with Crippen LogP contribution >= 0.6 is 11.6 Å². The Kier molecular flexibility index (Phi) is 3.27. The maximum Gasteiger partial charge on any atom is 0.271 e. The van der Waals surface area contributed by atoms with Crippen LogP contribution < -0.4 is 0 Å². The van der Waals surface area contributed by atoms with E-state index in [9.17, 15) is 18.0 Å². The van der Waals surface area contributed by atoms with Crippen molar-refractivity contribution in [3.05, 3.63) is 28.8 Å². The summed E-state index contributed by atoms with van der Waals surface area (Å²) >= 11 is 4.94. The fraction of sp³-hybridized carbons (Fsp3) is 0.125. The Balaban J connectivity index is 3.56. The van der Waals surface area contributed by atoms with Crippen molar-refractivity contribution in [2.45, 2.75) is 6.43 Å². The Bertz CT molecular complexity index is 456. The van der Waals surface area contributed by atoms with Gasteiger partial charge in [0.25, 0.3) is 11.7 Å². The van der Waals surface area contributed by atoms with Crippen LogP contribution in [-0.4, -0.2) is 10.2 Å². The average molecular weight is 235 g/mol. The van der Waals surface area contributed by atoms with Crippen LogP contribution in [0.1, 0.15) is 28.0 Å². The maximum atomic E-state index is 12.7. The van der Waals surface area contributed by atoms with Crippen molar-refractivity contribution in [3.63, 3.8) is 0 Å². The standard InChI is InChI=1S/C8H2ClF3N2O/c9-7(15)6-5(8(11)12)3(2-13)1-4(10)14-6/h1,8H. The number of nitriles is 1. The lowest BCUT2D eigenvalue weighted by Crippen LogP contribution is -2.07. The second-order valence-corrected chi connectivity index (χ2v) is 2.78. The fourth-order valence-electron chi connectivity index (χ4n) is 0.987. The van der Waals surface area contributed by atoms with Gasteiger partial charge in [-0.05, 0) is 11.6 Å². The number of hydrogen-bond acceptors (Lipinski definition) is 3. The van der Waals surface area contributed by atoms with Crippen molar-refractivity contribution in [3.8, 4) is 6.07 Å². The molecular formula is C8H2ClF3N2O. The molecular weight excluding hydrogens is 233 g/mol. The largest absolute Gasteiger partial charge is 0.274 e. The Morgan fingerprint density at radius 2 is 2.20 bits per heavy atom. The number of carbonyl (C=O) groups is 1. The Labute approximate surface area is 87.1 Å². The molecule has 3 nitrogen and oxygen atoms in total. The molecule has 0 aliphatic carbocycles. The molecule has 0 spiro atoms. The number of aromatic nitrogens is 1. The monoisotopic (exact) mass is 234 g/mol. The molecule has 0 N–H and O–H groups in total. The Hall–Kier alpha value is -1.61. The van der Waals surface area contributed by atoms with E-state index in [0.717, 1.165) is 0 Å².